The van der Waals surface area contributed by atoms with Crippen LogP contribution in [0.5, 0.6) is 0 Å². The minimum absolute atomic E-state index is 0.549. The maximum absolute atomic E-state index is 6.74. The first kappa shape index (κ1) is 33.9. The van der Waals surface area contributed by atoms with Crippen LogP contribution in [0.1, 0.15) is 0 Å². The summed E-state index contributed by atoms with van der Waals surface area (Å²) in [7, 11) is 0. The van der Waals surface area contributed by atoms with E-state index in [1.165, 1.54) is 54.4 Å². The molecule has 6 nitrogen and oxygen atoms in total. The average Bonchev–Trinajstić information content (AvgIpc) is 4.16. The number of aromatic nitrogens is 5. The maximum atomic E-state index is 6.74. The fourth-order valence-electron chi connectivity index (χ4n) is 10.9. The molecule has 296 valence electrons. The van der Waals surface area contributed by atoms with Crippen molar-refractivity contribution in [3.63, 3.8) is 0 Å². The van der Waals surface area contributed by atoms with Crippen LogP contribution < -0.4 is 0 Å². The Morgan fingerprint density at radius 3 is 1.77 bits per heavy atom. The lowest BCUT2D eigenvalue weighted by Gasteiger charge is -2.12. The molecule has 6 heteroatoms. The lowest BCUT2D eigenvalue weighted by Crippen LogP contribution is -2.03. The van der Waals surface area contributed by atoms with E-state index in [4.69, 9.17) is 14.4 Å². The first-order valence-corrected chi connectivity index (χ1v) is 21.7. The molecule has 15 aromatic rings. The molecule has 6 heterocycles. The van der Waals surface area contributed by atoms with Crippen LogP contribution in [0.15, 0.2) is 205 Å². The Morgan fingerprint density at radius 1 is 0.344 bits per heavy atom. The van der Waals surface area contributed by atoms with Crippen molar-refractivity contribution in [2.75, 3.05) is 0 Å². The predicted molar refractivity (Wildman–Crippen MR) is 264 cm³/mol. The van der Waals surface area contributed by atoms with E-state index in [1.807, 2.05) is 12.1 Å². The summed E-state index contributed by atoms with van der Waals surface area (Å²) in [5, 5.41) is 11.4. The zero-order valence-electron chi connectivity index (χ0n) is 34.2. The summed E-state index contributed by atoms with van der Waals surface area (Å²) in [6, 6.07) is 71.7. The molecule has 0 amide bonds. The van der Waals surface area contributed by atoms with Gasteiger partial charge < -0.3 is 13.4 Å². The summed E-state index contributed by atoms with van der Waals surface area (Å²) in [5.74, 6) is 0.556. The number of furan rings is 1. The number of fused-ring (bicyclic) bond motifs is 16. The SMILES string of the molecule is c1ccc(-c2ccc3c(c2)c2cc4c5ccccc5n5c6ccccc6c(c2n3-c2nc(-c3ccc6c7ccccc7n(-c7ccccc7)c6c3)c3c(n2)oc2ccccc23)c45)cc1. The van der Waals surface area contributed by atoms with Crippen LogP contribution in [0.2, 0.25) is 0 Å². The molecule has 6 aromatic heterocycles. The van der Waals surface area contributed by atoms with Crippen LogP contribution in [0.25, 0.3) is 138 Å². The number of hydrogen-bond donors (Lipinski definition) is 0. The van der Waals surface area contributed by atoms with Gasteiger partial charge in [0.1, 0.15) is 5.58 Å². The molecule has 0 bridgehead atoms. The predicted octanol–water partition coefficient (Wildman–Crippen LogP) is 15.1. The van der Waals surface area contributed by atoms with Gasteiger partial charge in [-0.2, -0.15) is 4.98 Å². The van der Waals surface area contributed by atoms with Gasteiger partial charge in [-0.15, -0.1) is 0 Å². The standard InChI is InChI=1S/C58H33N5O/c1-3-15-34(16-4-1)35-28-30-49-43(31-35)45-33-44-39-20-8-12-24-47(39)62-48-25-13-9-21-41(48)53(55(44)62)56(45)63(49)58-59-54(52-42-22-10-14-26-51(42)64-57(52)60-58)36-27-29-40-38-19-7-11-23-46(38)61(50(40)32-36)37-17-5-2-6-18-37/h1-33H. The number of rotatable bonds is 4. The summed E-state index contributed by atoms with van der Waals surface area (Å²) in [5.41, 5.74) is 14.5. The van der Waals surface area contributed by atoms with Crippen LogP contribution in [0, 0.1) is 0 Å². The van der Waals surface area contributed by atoms with Crippen LogP contribution in [0.3, 0.4) is 0 Å². The summed E-state index contributed by atoms with van der Waals surface area (Å²) >= 11 is 0. The van der Waals surface area contributed by atoms with Crippen LogP contribution in [-0.2, 0) is 0 Å². The molecule has 0 atom stereocenters. The zero-order chi connectivity index (χ0) is 41.6. The molecule has 0 N–H and O–H groups in total. The monoisotopic (exact) mass is 815 g/mol. The molecule has 0 spiro atoms. The van der Waals surface area contributed by atoms with Gasteiger partial charge in [0.15, 0.2) is 0 Å². The van der Waals surface area contributed by atoms with Crippen LogP contribution in [-0.4, -0.2) is 23.5 Å². The molecule has 0 fully saturated rings. The van der Waals surface area contributed by atoms with Gasteiger partial charge in [0.2, 0.25) is 11.7 Å². The summed E-state index contributed by atoms with van der Waals surface area (Å²) < 4.78 is 13.9. The molecule has 0 unspecified atom stereocenters. The average molecular weight is 816 g/mol. The van der Waals surface area contributed by atoms with Gasteiger partial charge in [0.25, 0.3) is 0 Å². The van der Waals surface area contributed by atoms with Crippen molar-refractivity contribution >= 4 is 104 Å². The fraction of sp³-hybridized carbons (Fsp3) is 0. The highest BCUT2D eigenvalue weighted by molar-refractivity contribution is 6.34. The second-order valence-electron chi connectivity index (χ2n) is 16.9. The van der Waals surface area contributed by atoms with Crippen LogP contribution >= 0.6 is 0 Å². The summed E-state index contributed by atoms with van der Waals surface area (Å²) in [6.45, 7) is 0. The molecule has 0 saturated heterocycles. The Kier molecular flexibility index (Phi) is 6.59. The van der Waals surface area contributed by atoms with E-state index >= 15 is 0 Å². The van der Waals surface area contributed by atoms with Crippen LogP contribution in [0.4, 0.5) is 0 Å². The largest absolute Gasteiger partial charge is 0.437 e. The quantitative estimate of drug-likeness (QED) is 0.178. The van der Waals surface area contributed by atoms with Gasteiger partial charge in [-0.1, -0.05) is 140 Å². The van der Waals surface area contributed by atoms with Crippen molar-refractivity contribution in [3.05, 3.63) is 200 Å². The third kappa shape index (κ3) is 4.43. The van der Waals surface area contributed by atoms with Gasteiger partial charge in [-0.05, 0) is 71.8 Å². The van der Waals surface area contributed by atoms with Crippen molar-refractivity contribution in [1.82, 2.24) is 23.5 Å². The smallest absolute Gasteiger partial charge is 0.238 e. The fourth-order valence-corrected chi connectivity index (χ4v) is 10.9. The van der Waals surface area contributed by atoms with E-state index < -0.39 is 0 Å². The third-order valence-electron chi connectivity index (χ3n) is 13.6. The van der Waals surface area contributed by atoms with Crippen molar-refractivity contribution in [2.24, 2.45) is 0 Å². The highest BCUT2D eigenvalue weighted by Crippen LogP contribution is 2.47. The molecular weight excluding hydrogens is 783 g/mol. The molecule has 0 aliphatic heterocycles. The minimum Gasteiger partial charge on any atom is -0.437 e. The van der Waals surface area contributed by atoms with E-state index in [2.05, 4.69) is 202 Å². The Hall–Kier alpha value is -8.74. The Morgan fingerprint density at radius 2 is 0.953 bits per heavy atom. The second-order valence-corrected chi connectivity index (χ2v) is 16.9. The summed E-state index contributed by atoms with van der Waals surface area (Å²) in [6.07, 6.45) is 0. The van der Waals surface area contributed by atoms with Gasteiger partial charge in [-0.25, -0.2) is 4.98 Å². The molecule has 15 rings (SSSR count). The van der Waals surface area contributed by atoms with Gasteiger partial charge >= 0.3 is 0 Å². The molecule has 0 aliphatic rings. The van der Waals surface area contributed by atoms with Crippen molar-refractivity contribution in [2.45, 2.75) is 0 Å². The molecule has 0 saturated carbocycles. The minimum atomic E-state index is 0.549. The van der Waals surface area contributed by atoms with Gasteiger partial charge in [-0.3, -0.25) is 4.57 Å². The lowest BCUT2D eigenvalue weighted by molar-refractivity contribution is 0.651. The van der Waals surface area contributed by atoms with E-state index in [0.29, 0.717) is 11.7 Å². The first-order chi connectivity index (χ1) is 31.8. The second kappa shape index (κ2) is 12.4. The molecule has 0 aliphatic carbocycles. The van der Waals surface area contributed by atoms with E-state index in [-0.39, 0.29) is 0 Å². The lowest BCUT2D eigenvalue weighted by atomic mass is 10.0. The zero-order valence-corrected chi connectivity index (χ0v) is 34.2. The molecule has 64 heavy (non-hydrogen) atoms. The van der Waals surface area contributed by atoms with E-state index in [9.17, 15) is 0 Å². The third-order valence-corrected chi connectivity index (χ3v) is 13.6. The Balaban J connectivity index is 1.10. The normalized spacial score (nSPS) is 12.4. The summed E-state index contributed by atoms with van der Waals surface area (Å²) in [4.78, 5) is 11.2. The Labute approximate surface area is 364 Å². The molecule has 0 radical (unpaired) electrons. The highest BCUT2D eigenvalue weighted by atomic mass is 16.3. The van der Waals surface area contributed by atoms with Crippen molar-refractivity contribution in [1.29, 1.82) is 0 Å². The Bertz CT molecular complexity index is 4420. The number of hydrogen-bond acceptors (Lipinski definition) is 3. The number of nitrogens with zero attached hydrogens (tertiary/aromatic N) is 5. The van der Waals surface area contributed by atoms with Crippen molar-refractivity contribution < 1.29 is 4.42 Å². The highest BCUT2D eigenvalue weighted by Gasteiger charge is 2.27. The molecular formula is C58H33N5O. The van der Waals surface area contributed by atoms with Gasteiger partial charge in [0, 0.05) is 59.7 Å². The first-order valence-electron chi connectivity index (χ1n) is 21.7. The number of para-hydroxylation sites is 5. The van der Waals surface area contributed by atoms with E-state index in [0.717, 1.165) is 71.7 Å². The topological polar surface area (TPSA) is 53.2 Å². The van der Waals surface area contributed by atoms with E-state index in [1.54, 1.807) is 0 Å². The van der Waals surface area contributed by atoms with Crippen molar-refractivity contribution in [3.8, 4) is 34.0 Å². The molecule has 9 aromatic carbocycles. The number of benzene rings is 9. The maximum Gasteiger partial charge on any atom is 0.238 e. The van der Waals surface area contributed by atoms with Gasteiger partial charge in [0.05, 0.1) is 49.7 Å².